The molecule has 1 N–H and O–H groups in total. The molecule has 0 unspecified atom stereocenters. The fourth-order valence-electron chi connectivity index (χ4n) is 3.61. The molecule has 0 atom stereocenters. The molecule has 4 heteroatoms. The van der Waals surface area contributed by atoms with E-state index in [4.69, 9.17) is 0 Å². The van der Waals surface area contributed by atoms with E-state index in [1.165, 1.54) is 30.5 Å². The van der Waals surface area contributed by atoms with E-state index in [9.17, 15) is 0 Å². The summed E-state index contributed by atoms with van der Waals surface area (Å²) in [4.78, 5) is 2.57. The molecule has 4 rings (SSSR count). The van der Waals surface area contributed by atoms with Crippen molar-refractivity contribution in [3.8, 4) is 11.3 Å². The lowest BCUT2D eigenvalue weighted by molar-refractivity contribution is 0.250. The van der Waals surface area contributed by atoms with Crippen LogP contribution in [0, 0.1) is 0 Å². The summed E-state index contributed by atoms with van der Waals surface area (Å²) in [5, 5.41) is 12.0. The minimum Gasteiger partial charge on any atom is -0.369 e. The Balaban J connectivity index is 1.18. The van der Waals surface area contributed by atoms with Gasteiger partial charge in [0, 0.05) is 25.2 Å². The molecule has 0 radical (unpaired) electrons. The normalized spacial score (nSPS) is 13.9. The molecule has 138 valence electrons. The fraction of sp³-hybridized carbons (Fsp3) is 0.304. The molecular formula is C23H26N4. The molecule has 0 aliphatic carbocycles. The van der Waals surface area contributed by atoms with Gasteiger partial charge in [0.15, 0.2) is 0 Å². The molecule has 2 aromatic carbocycles. The Labute approximate surface area is 161 Å². The molecule has 0 spiro atoms. The first kappa shape index (κ1) is 17.7. The largest absolute Gasteiger partial charge is 0.369 e. The lowest BCUT2D eigenvalue weighted by atomic mass is 10.00. The third kappa shape index (κ3) is 4.72. The Hall–Kier alpha value is -2.72. The van der Waals surface area contributed by atoms with Crippen molar-refractivity contribution >= 4 is 5.82 Å². The summed E-state index contributed by atoms with van der Waals surface area (Å²) in [5.41, 5.74) is 5.02. The van der Waals surface area contributed by atoms with Crippen LogP contribution in [0.3, 0.4) is 0 Å². The third-order valence-corrected chi connectivity index (χ3v) is 5.15. The number of unbranched alkanes of at least 4 members (excludes halogenated alkanes) is 1. The van der Waals surface area contributed by atoms with Crippen molar-refractivity contribution in [3.05, 3.63) is 77.9 Å². The van der Waals surface area contributed by atoms with Gasteiger partial charge in [-0.25, -0.2) is 0 Å². The van der Waals surface area contributed by atoms with Gasteiger partial charge in [-0.05, 0) is 49.1 Å². The lowest BCUT2D eigenvalue weighted by Gasteiger charge is -2.28. The Morgan fingerprint density at radius 2 is 1.63 bits per heavy atom. The van der Waals surface area contributed by atoms with Crippen LogP contribution >= 0.6 is 0 Å². The summed E-state index contributed by atoms with van der Waals surface area (Å²) in [6, 6.07) is 23.0. The summed E-state index contributed by atoms with van der Waals surface area (Å²) < 4.78 is 0. The molecule has 1 aromatic heterocycles. The molecule has 0 bridgehead atoms. The summed E-state index contributed by atoms with van der Waals surface area (Å²) in [6.45, 7) is 4.37. The van der Waals surface area contributed by atoms with E-state index in [0.29, 0.717) is 0 Å². The molecule has 0 saturated carbocycles. The maximum Gasteiger partial charge on any atom is 0.148 e. The first-order valence-electron chi connectivity index (χ1n) is 9.81. The zero-order chi connectivity index (χ0) is 18.3. The van der Waals surface area contributed by atoms with Gasteiger partial charge in [0.1, 0.15) is 5.82 Å². The number of aromatic nitrogens is 2. The Bertz CT molecular complexity index is 846. The number of hydrogen-bond donors (Lipinski definition) is 1. The summed E-state index contributed by atoms with van der Waals surface area (Å²) in [7, 11) is 0. The van der Waals surface area contributed by atoms with Gasteiger partial charge in [-0.2, -0.15) is 0 Å². The second-order valence-electron chi connectivity index (χ2n) is 7.10. The van der Waals surface area contributed by atoms with Crippen LogP contribution in [0.1, 0.15) is 24.0 Å². The van der Waals surface area contributed by atoms with Crippen LogP contribution in [-0.4, -0.2) is 34.7 Å². The predicted molar refractivity (Wildman–Crippen MR) is 111 cm³/mol. The highest BCUT2D eigenvalue weighted by Gasteiger charge is 2.14. The molecule has 27 heavy (non-hydrogen) atoms. The van der Waals surface area contributed by atoms with Gasteiger partial charge in [-0.3, -0.25) is 4.90 Å². The Morgan fingerprint density at radius 3 is 2.44 bits per heavy atom. The molecule has 0 saturated heterocycles. The summed E-state index contributed by atoms with van der Waals surface area (Å²) in [5.74, 6) is 0.849. The Kier molecular flexibility index (Phi) is 5.75. The number of nitrogens with zero attached hydrogens (tertiary/aromatic N) is 3. The van der Waals surface area contributed by atoms with Gasteiger partial charge in [0.2, 0.25) is 0 Å². The standard InChI is InChI=1S/C23H26N4/c1-2-9-20(10-3-1)22-12-13-23(26-25-22)24-15-6-7-16-27-17-14-19-8-4-5-11-21(19)18-27/h1-5,8-13H,6-7,14-18H2,(H,24,26). The lowest BCUT2D eigenvalue weighted by Crippen LogP contribution is -2.31. The van der Waals surface area contributed by atoms with Gasteiger partial charge >= 0.3 is 0 Å². The minimum absolute atomic E-state index is 0.849. The average Bonchev–Trinajstić information content (AvgIpc) is 2.74. The Morgan fingerprint density at radius 1 is 0.815 bits per heavy atom. The molecular weight excluding hydrogens is 332 g/mol. The summed E-state index contributed by atoms with van der Waals surface area (Å²) >= 11 is 0. The van der Waals surface area contributed by atoms with Gasteiger partial charge in [0.25, 0.3) is 0 Å². The smallest absolute Gasteiger partial charge is 0.148 e. The molecule has 1 aliphatic rings. The minimum atomic E-state index is 0.849. The van der Waals surface area contributed by atoms with E-state index in [1.807, 2.05) is 30.3 Å². The van der Waals surface area contributed by atoms with Gasteiger partial charge < -0.3 is 5.32 Å². The number of nitrogens with one attached hydrogen (secondary N) is 1. The van der Waals surface area contributed by atoms with Crippen LogP contribution in [-0.2, 0) is 13.0 Å². The van der Waals surface area contributed by atoms with Crippen molar-refractivity contribution in [2.24, 2.45) is 0 Å². The summed E-state index contributed by atoms with van der Waals surface area (Å²) in [6.07, 6.45) is 3.52. The molecule has 2 heterocycles. The number of fused-ring (bicyclic) bond motifs is 1. The number of anilines is 1. The van der Waals surface area contributed by atoms with Crippen LogP contribution in [0.2, 0.25) is 0 Å². The van der Waals surface area contributed by atoms with E-state index >= 15 is 0 Å². The highest BCUT2D eigenvalue weighted by atomic mass is 15.2. The second-order valence-corrected chi connectivity index (χ2v) is 7.10. The van der Waals surface area contributed by atoms with Crippen molar-refractivity contribution < 1.29 is 0 Å². The second kappa shape index (κ2) is 8.78. The monoisotopic (exact) mass is 358 g/mol. The van der Waals surface area contributed by atoms with Crippen molar-refractivity contribution in [2.75, 3.05) is 25.0 Å². The van der Waals surface area contributed by atoms with Crippen LogP contribution in [0.5, 0.6) is 0 Å². The molecule has 4 nitrogen and oxygen atoms in total. The first-order chi connectivity index (χ1) is 13.4. The van der Waals surface area contributed by atoms with Crippen molar-refractivity contribution in [2.45, 2.75) is 25.8 Å². The fourth-order valence-corrected chi connectivity index (χ4v) is 3.61. The van der Waals surface area contributed by atoms with Crippen molar-refractivity contribution in [1.29, 1.82) is 0 Å². The maximum absolute atomic E-state index is 4.32. The molecule has 0 fully saturated rings. The van der Waals surface area contributed by atoms with E-state index in [-0.39, 0.29) is 0 Å². The molecule has 1 aliphatic heterocycles. The number of benzene rings is 2. The van der Waals surface area contributed by atoms with Crippen molar-refractivity contribution in [1.82, 2.24) is 15.1 Å². The van der Waals surface area contributed by atoms with E-state index in [1.54, 1.807) is 0 Å². The van der Waals surface area contributed by atoms with E-state index in [2.05, 4.69) is 56.8 Å². The third-order valence-electron chi connectivity index (χ3n) is 5.15. The van der Waals surface area contributed by atoms with Crippen LogP contribution in [0.4, 0.5) is 5.82 Å². The van der Waals surface area contributed by atoms with Crippen LogP contribution in [0.25, 0.3) is 11.3 Å². The predicted octanol–water partition coefficient (Wildman–Crippen LogP) is 4.39. The number of rotatable bonds is 7. The molecule has 0 amide bonds. The van der Waals surface area contributed by atoms with E-state index < -0.39 is 0 Å². The van der Waals surface area contributed by atoms with Gasteiger partial charge in [-0.15, -0.1) is 10.2 Å². The quantitative estimate of drug-likeness (QED) is 0.636. The topological polar surface area (TPSA) is 41.0 Å². The number of hydrogen-bond acceptors (Lipinski definition) is 4. The SMILES string of the molecule is c1ccc(-c2ccc(NCCCCN3CCc4ccccc4C3)nn2)cc1. The highest BCUT2D eigenvalue weighted by molar-refractivity contribution is 5.59. The van der Waals surface area contributed by atoms with Crippen LogP contribution < -0.4 is 5.32 Å². The van der Waals surface area contributed by atoms with Crippen molar-refractivity contribution in [3.63, 3.8) is 0 Å². The van der Waals surface area contributed by atoms with Crippen LogP contribution in [0.15, 0.2) is 66.7 Å². The van der Waals surface area contributed by atoms with Gasteiger partial charge in [0.05, 0.1) is 5.69 Å². The highest BCUT2D eigenvalue weighted by Crippen LogP contribution is 2.19. The van der Waals surface area contributed by atoms with E-state index in [0.717, 1.165) is 43.1 Å². The molecule has 3 aromatic rings. The first-order valence-corrected chi connectivity index (χ1v) is 9.81. The van der Waals surface area contributed by atoms with Gasteiger partial charge in [-0.1, -0.05) is 54.6 Å². The average molecular weight is 358 g/mol. The maximum atomic E-state index is 4.32. The zero-order valence-corrected chi connectivity index (χ0v) is 15.6. The zero-order valence-electron chi connectivity index (χ0n) is 15.6.